The van der Waals surface area contributed by atoms with Crippen LogP contribution in [0.1, 0.15) is 391 Å². The first-order valence-corrected chi connectivity index (χ1v) is 40.8. The van der Waals surface area contributed by atoms with E-state index in [0.717, 1.165) is 56.0 Å². The minimum Gasteiger partial charge on any atom is -0.396 e. The van der Waals surface area contributed by atoms with E-state index in [4.69, 9.17) is 14.9 Å². The molecule has 0 aromatic heterocycles. The van der Waals surface area contributed by atoms with Crippen LogP contribution in [0.15, 0.2) is 72.9 Å². The van der Waals surface area contributed by atoms with Gasteiger partial charge in [0.25, 0.3) is 0 Å². The zero-order valence-corrected chi connectivity index (χ0v) is 66.8. The van der Waals surface area contributed by atoms with Crippen LogP contribution in [0.3, 0.4) is 0 Å². The van der Waals surface area contributed by atoms with Crippen molar-refractivity contribution in [2.75, 3.05) is 66.4 Å². The zero-order chi connectivity index (χ0) is 67.0. The summed E-state index contributed by atoms with van der Waals surface area (Å²) in [4.78, 5) is 4.46. The molecule has 2 N–H and O–H groups in total. The van der Waals surface area contributed by atoms with E-state index < -0.39 is 0 Å². The second-order valence-electron chi connectivity index (χ2n) is 27.2. The number of rotatable bonds is 66. The largest absolute Gasteiger partial charge is 0.396 e. The summed E-state index contributed by atoms with van der Waals surface area (Å²) in [5.74, 6) is 2.49. The van der Waals surface area contributed by atoms with Crippen LogP contribution in [-0.4, -0.2) is 92.5 Å². The van der Waals surface area contributed by atoms with Gasteiger partial charge in [-0.15, -0.1) is 17.0 Å². The number of hydrogen-bond donors (Lipinski definition) is 2. The summed E-state index contributed by atoms with van der Waals surface area (Å²) in [5.41, 5.74) is 0. The van der Waals surface area contributed by atoms with Gasteiger partial charge in [-0.05, 0) is 297 Å². The molecule has 0 radical (unpaired) electrons. The van der Waals surface area contributed by atoms with Gasteiger partial charge in [0, 0.05) is 25.2 Å². The molecule has 2 atom stereocenters. The molecule has 0 bridgehead atoms. The number of nitrogens with zero attached hydrogens (tertiary/aromatic N) is 2. The van der Waals surface area contributed by atoms with Crippen LogP contribution in [0, 0.1) is 17.8 Å². The van der Waals surface area contributed by atoms with Crippen molar-refractivity contribution in [2.24, 2.45) is 17.8 Å². The Kier molecular flexibility index (Phi) is 111. The molecule has 0 saturated heterocycles. The lowest BCUT2D eigenvalue weighted by Crippen LogP contribution is -2.25. The van der Waals surface area contributed by atoms with Gasteiger partial charge >= 0.3 is 0 Å². The van der Waals surface area contributed by atoms with E-state index in [2.05, 4.69) is 175 Å². The fourth-order valence-corrected chi connectivity index (χ4v) is 11.8. The van der Waals surface area contributed by atoms with Crippen LogP contribution < -0.4 is 0 Å². The summed E-state index contributed by atoms with van der Waals surface area (Å²) in [7, 11) is 8.49. The molecule has 7 heteroatoms. The van der Waals surface area contributed by atoms with Gasteiger partial charge in [-0.2, -0.15) is 0 Å². The van der Waals surface area contributed by atoms with Gasteiger partial charge < -0.3 is 24.7 Å². The molecule has 0 rings (SSSR count). The Morgan fingerprint density at radius 3 is 0.849 bits per heavy atom. The van der Waals surface area contributed by atoms with E-state index in [-0.39, 0.29) is 31.8 Å². The van der Waals surface area contributed by atoms with Crippen molar-refractivity contribution >= 4 is 32.9 Å². The average molecular weight is 1440 g/mol. The highest BCUT2D eigenvalue weighted by Crippen LogP contribution is 2.30. The Hall–Kier alpha value is -0.800. The fourth-order valence-electron chi connectivity index (χ4n) is 11.4. The van der Waals surface area contributed by atoms with Gasteiger partial charge in [0.15, 0.2) is 0 Å². The normalized spacial score (nSPS) is 12.3. The SMILES string of the molecule is Br.C.C.CCCCC/C=C\CCCC(C)C(CCC/C=C\CCCCC)CCC/C=C\CCCCC.CCCCC/C=C\CCCC(CCC/C=C\CCCCC)C(CCC/C=C\CCCCC)OCCCCCN(C)C.CN(C)CCCCCO.OCCCCCBr. The van der Waals surface area contributed by atoms with E-state index in [0.29, 0.717) is 25.2 Å². The van der Waals surface area contributed by atoms with E-state index in [9.17, 15) is 0 Å². The third kappa shape index (κ3) is 97.7. The van der Waals surface area contributed by atoms with E-state index in [1.54, 1.807) is 0 Å². The molecule has 5 nitrogen and oxygen atoms in total. The number of allylic oxidation sites excluding steroid dienone is 12. The predicted octanol–water partition coefficient (Wildman–Crippen LogP) is 28.9. The monoisotopic (exact) mass is 1440 g/mol. The molecule has 0 aliphatic heterocycles. The summed E-state index contributed by atoms with van der Waals surface area (Å²) in [6.07, 6.45) is 95.6. The topological polar surface area (TPSA) is 56.2 Å². The highest BCUT2D eigenvalue weighted by Gasteiger charge is 2.21. The van der Waals surface area contributed by atoms with E-state index in [1.165, 1.54) is 308 Å². The Morgan fingerprint density at radius 2 is 0.570 bits per heavy atom. The number of alkyl halides is 1. The molecule has 0 fully saturated rings. The minimum absolute atomic E-state index is 0. The van der Waals surface area contributed by atoms with Gasteiger partial charge in [-0.25, -0.2) is 0 Å². The molecular weight excluding hydrogens is 1270 g/mol. The molecule has 0 saturated carbocycles. The maximum absolute atomic E-state index is 8.42. The van der Waals surface area contributed by atoms with Crippen molar-refractivity contribution in [1.82, 2.24) is 9.80 Å². The van der Waals surface area contributed by atoms with Crippen molar-refractivity contribution < 1.29 is 14.9 Å². The van der Waals surface area contributed by atoms with Crippen LogP contribution in [0.4, 0.5) is 0 Å². The fraction of sp³-hybridized carbons (Fsp3) is 0.860. The van der Waals surface area contributed by atoms with Crippen molar-refractivity contribution in [3.05, 3.63) is 72.9 Å². The van der Waals surface area contributed by atoms with Gasteiger partial charge in [-0.1, -0.05) is 242 Å². The van der Waals surface area contributed by atoms with Gasteiger partial charge in [0.2, 0.25) is 0 Å². The maximum Gasteiger partial charge on any atom is 0.0603 e. The number of aliphatic hydroxyl groups excluding tert-OH is 2. The second kappa shape index (κ2) is 97.6. The van der Waals surface area contributed by atoms with E-state index in [1.807, 2.05) is 0 Å². The lowest BCUT2D eigenvalue weighted by Gasteiger charge is -2.28. The molecule has 0 aliphatic rings. The smallest absolute Gasteiger partial charge is 0.0603 e. The van der Waals surface area contributed by atoms with Crippen LogP contribution in [0.2, 0.25) is 0 Å². The van der Waals surface area contributed by atoms with Crippen LogP contribution in [-0.2, 0) is 4.74 Å². The predicted molar refractivity (Wildman–Crippen MR) is 439 cm³/mol. The lowest BCUT2D eigenvalue weighted by molar-refractivity contribution is -0.00271. The third-order valence-electron chi connectivity index (χ3n) is 17.5. The summed E-state index contributed by atoms with van der Waals surface area (Å²) in [5, 5.41) is 17.8. The molecule has 2 unspecified atom stereocenters. The lowest BCUT2D eigenvalue weighted by atomic mass is 9.82. The van der Waals surface area contributed by atoms with Crippen molar-refractivity contribution in [1.29, 1.82) is 0 Å². The Morgan fingerprint density at radius 1 is 0.312 bits per heavy atom. The molecule has 560 valence electrons. The van der Waals surface area contributed by atoms with Crippen LogP contribution in [0.5, 0.6) is 0 Å². The van der Waals surface area contributed by atoms with Crippen LogP contribution >= 0.6 is 32.9 Å². The van der Waals surface area contributed by atoms with Crippen molar-refractivity contribution in [3.63, 3.8) is 0 Å². The number of ether oxygens (including phenoxy) is 1. The van der Waals surface area contributed by atoms with Gasteiger partial charge in [0.1, 0.15) is 0 Å². The molecule has 0 spiro atoms. The molecule has 93 heavy (non-hydrogen) atoms. The summed E-state index contributed by atoms with van der Waals surface area (Å²) >= 11 is 3.30. The average Bonchev–Trinajstić information content (AvgIpc) is 3.57. The summed E-state index contributed by atoms with van der Waals surface area (Å²) in [6, 6.07) is 0. The van der Waals surface area contributed by atoms with Gasteiger partial charge in [-0.3, -0.25) is 0 Å². The third-order valence-corrected chi connectivity index (χ3v) is 18.0. The van der Waals surface area contributed by atoms with E-state index >= 15 is 0 Å². The molecule has 0 amide bonds. The first kappa shape index (κ1) is 106. The highest BCUT2D eigenvalue weighted by atomic mass is 79.9. The van der Waals surface area contributed by atoms with Crippen molar-refractivity contribution in [3.8, 4) is 0 Å². The number of unbranched alkanes of at least 4 members (excludes halogenated alkanes) is 30. The Bertz CT molecular complexity index is 1390. The van der Waals surface area contributed by atoms with Crippen LogP contribution in [0.25, 0.3) is 0 Å². The Labute approximate surface area is 607 Å². The molecule has 0 aromatic carbocycles. The molecule has 0 aliphatic carbocycles. The maximum atomic E-state index is 8.42. The summed E-state index contributed by atoms with van der Waals surface area (Å²) in [6.45, 7) is 20.2. The Balaban J connectivity index is -0.000000252. The first-order chi connectivity index (χ1) is 44.1. The highest BCUT2D eigenvalue weighted by molar-refractivity contribution is 9.09. The molecular formula is C86H174Br2N2O3. The first-order valence-electron chi connectivity index (χ1n) is 39.7. The minimum atomic E-state index is 0. The van der Waals surface area contributed by atoms with Gasteiger partial charge in [0.05, 0.1) is 6.10 Å². The number of hydrogen-bond acceptors (Lipinski definition) is 5. The summed E-state index contributed by atoms with van der Waals surface area (Å²) < 4.78 is 6.74. The molecule has 0 aromatic rings. The standard InChI is InChI=1S/C39H75NO.C33H62.C7H17NO.C5H11BrO.2CH4.BrH/c1-6-9-12-15-18-21-24-28-33-38(34-29-25-22-19-16-13-10-7-2)39(41-37-32-27-31-36-40(4)5)35-30-26-23-20-17-14-11-8-3;1-5-8-11-14-17-20-23-26-29-32(4)33(30-27-24-21-18-15-12-9-6-2)31-28-25-22-19-16-13-10-7-3;1-8(2)6-4-3-5-7-9;6-4-2-1-3-5-7;;;/h18-23,38-39H,6-17,24-37H2,1-5H3;17-22,32-33H,5-16,23-31H2,1-4H3;9H,3-7H2,1-2H3;7H,1-5H2;2*1H4;1H/b21-18-,22-19-,23-20-;20-17-,21-18-,22-19-;;;;;. The number of aliphatic hydroxyl groups is 2. The van der Waals surface area contributed by atoms with Crippen molar-refractivity contribution in [2.45, 2.75) is 397 Å². The zero-order valence-electron chi connectivity index (χ0n) is 63.5. The molecule has 0 heterocycles. The quantitative estimate of drug-likeness (QED) is 0.0361. The second-order valence-corrected chi connectivity index (χ2v) is 28.0. The number of halogens is 2.